The Kier molecular flexibility index (Phi) is 4.29. The Hall–Kier alpha value is -2.33. The van der Waals surface area contributed by atoms with Crippen molar-refractivity contribution in [3.05, 3.63) is 47.3 Å². The largest absolute Gasteiger partial charge is 0.424 e. The summed E-state index contributed by atoms with van der Waals surface area (Å²) in [5, 5.41) is 8.67. The number of aromatic nitrogens is 2. The molecule has 1 aromatic heterocycles. The number of hydrogen-bond acceptors (Lipinski definition) is 4. The van der Waals surface area contributed by atoms with Crippen LogP contribution in [0.2, 0.25) is 0 Å². The van der Waals surface area contributed by atoms with E-state index in [4.69, 9.17) is 21.6 Å². The van der Waals surface area contributed by atoms with Crippen LogP contribution in [0.4, 0.5) is 13.2 Å². The Morgan fingerprint density at radius 2 is 1.90 bits per heavy atom. The summed E-state index contributed by atoms with van der Waals surface area (Å²) in [6, 6.07) is 4.39. The molecular formula is C13H7ClF3N3O. The van der Waals surface area contributed by atoms with Crippen LogP contribution in [0.25, 0.3) is 0 Å². The normalized spacial score (nSPS) is 11.0. The molecule has 1 aromatic carbocycles. The van der Waals surface area contributed by atoms with Crippen molar-refractivity contribution in [3.63, 3.8) is 0 Å². The molecule has 0 bridgehead atoms. The molecule has 2 rings (SSSR count). The Balaban J connectivity index is 2.36. The van der Waals surface area contributed by atoms with Gasteiger partial charge in [0.2, 0.25) is 0 Å². The van der Waals surface area contributed by atoms with Gasteiger partial charge in [0, 0.05) is 18.0 Å². The summed E-state index contributed by atoms with van der Waals surface area (Å²) in [7, 11) is 0. The van der Waals surface area contributed by atoms with Crippen molar-refractivity contribution in [2.45, 2.75) is 12.1 Å². The van der Waals surface area contributed by atoms with E-state index in [2.05, 4.69) is 9.97 Å². The fraction of sp³-hybridized carbons (Fsp3) is 0.154. The number of nitrogens with zero attached hydrogens (tertiary/aromatic N) is 3. The fourth-order valence-corrected chi connectivity index (χ4v) is 1.61. The predicted molar refractivity (Wildman–Crippen MR) is 67.8 cm³/mol. The lowest BCUT2D eigenvalue weighted by atomic mass is 10.1. The van der Waals surface area contributed by atoms with Gasteiger partial charge in [-0.1, -0.05) is 0 Å². The molecule has 21 heavy (non-hydrogen) atoms. The minimum Gasteiger partial charge on any atom is -0.424 e. The van der Waals surface area contributed by atoms with E-state index in [1.807, 2.05) is 0 Å². The second-order valence-corrected chi connectivity index (χ2v) is 4.20. The molecule has 0 unspecified atom stereocenters. The number of rotatable bonds is 3. The molecule has 0 spiro atoms. The summed E-state index contributed by atoms with van der Waals surface area (Å²) < 4.78 is 43.9. The molecule has 0 atom stereocenters. The molecule has 0 aliphatic rings. The van der Waals surface area contributed by atoms with Gasteiger partial charge >= 0.3 is 12.2 Å². The lowest BCUT2D eigenvalue weighted by molar-refractivity contribution is -0.138. The summed E-state index contributed by atoms with van der Waals surface area (Å²) in [6.45, 7) is 0. The number of benzene rings is 1. The fourth-order valence-electron chi connectivity index (χ4n) is 1.47. The molecular weight excluding hydrogens is 307 g/mol. The molecule has 0 radical (unpaired) electrons. The number of hydrogen-bond donors (Lipinski definition) is 0. The predicted octanol–water partition coefficient (Wildman–Crippen LogP) is 3.90. The Morgan fingerprint density at radius 3 is 2.43 bits per heavy atom. The van der Waals surface area contributed by atoms with Gasteiger partial charge in [-0.15, -0.1) is 11.6 Å². The third-order valence-electron chi connectivity index (χ3n) is 2.45. The van der Waals surface area contributed by atoms with Gasteiger partial charge in [0.25, 0.3) is 0 Å². The zero-order valence-electron chi connectivity index (χ0n) is 10.4. The molecule has 0 aliphatic heterocycles. The SMILES string of the molecule is N#Cc1ccc(Oc2ncc(CCl)cn2)c(C(F)(F)F)c1. The van der Waals surface area contributed by atoms with E-state index in [-0.39, 0.29) is 17.5 Å². The first-order valence-corrected chi connectivity index (χ1v) is 6.13. The lowest BCUT2D eigenvalue weighted by Crippen LogP contribution is -2.08. The minimum absolute atomic E-state index is 0.118. The summed E-state index contributed by atoms with van der Waals surface area (Å²) in [6.07, 6.45) is -1.95. The van der Waals surface area contributed by atoms with E-state index in [1.54, 1.807) is 6.07 Å². The molecule has 8 heteroatoms. The highest BCUT2D eigenvalue weighted by Gasteiger charge is 2.35. The molecule has 0 aliphatic carbocycles. The van der Waals surface area contributed by atoms with E-state index in [9.17, 15) is 13.2 Å². The smallest absolute Gasteiger partial charge is 0.420 e. The number of alkyl halides is 4. The van der Waals surface area contributed by atoms with Gasteiger partial charge in [0.05, 0.1) is 23.1 Å². The third kappa shape index (κ3) is 3.61. The van der Waals surface area contributed by atoms with Crippen molar-refractivity contribution in [1.29, 1.82) is 5.26 Å². The molecule has 1 heterocycles. The molecule has 108 valence electrons. The van der Waals surface area contributed by atoms with Crippen molar-refractivity contribution < 1.29 is 17.9 Å². The van der Waals surface area contributed by atoms with Crippen LogP contribution < -0.4 is 4.74 Å². The molecule has 0 saturated carbocycles. The molecule has 0 saturated heterocycles. The van der Waals surface area contributed by atoms with Gasteiger partial charge in [-0.3, -0.25) is 0 Å². The van der Waals surface area contributed by atoms with Crippen molar-refractivity contribution in [2.24, 2.45) is 0 Å². The maximum Gasteiger partial charge on any atom is 0.420 e. The summed E-state index contributed by atoms with van der Waals surface area (Å²) in [4.78, 5) is 7.52. The Labute approximate surface area is 122 Å². The van der Waals surface area contributed by atoms with E-state index in [1.165, 1.54) is 18.5 Å². The van der Waals surface area contributed by atoms with Crippen molar-refractivity contribution >= 4 is 11.6 Å². The highest BCUT2D eigenvalue weighted by molar-refractivity contribution is 6.17. The van der Waals surface area contributed by atoms with E-state index in [0.717, 1.165) is 6.07 Å². The van der Waals surface area contributed by atoms with Gasteiger partial charge in [-0.2, -0.15) is 18.4 Å². The first-order valence-electron chi connectivity index (χ1n) is 5.60. The van der Waals surface area contributed by atoms with Gasteiger partial charge < -0.3 is 4.74 Å². The van der Waals surface area contributed by atoms with Crippen LogP contribution >= 0.6 is 11.6 Å². The maximum absolute atomic E-state index is 12.9. The molecule has 4 nitrogen and oxygen atoms in total. The number of ether oxygens (including phenoxy) is 1. The standard InChI is InChI=1S/C13H7ClF3N3O/c14-4-9-6-19-12(20-7-9)21-11-2-1-8(5-18)3-10(11)13(15,16)17/h1-3,6-7H,4H2. The maximum atomic E-state index is 12.9. The van der Waals surface area contributed by atoms with Crippen molar-refractivity contribution in [3.8, 4) is 17.8 Å². The second-order valence-electron chi connectivity index (χ2n) is 3.93. The zero-order valence-corrected chi connectivity index (χ0v) is 11.1. The topological polar surface area (TPSA) is 58.8 Å². The first kappa shape index (κ1) is 15.1. The highest BCUT2D eigenvalue weighted by Crippen LogP contribution is 2.38. The van der Waals surface area contributed by atoms with Crippen LogP contribution in [0.1, 0.15) is 16.7 Å². The van der Waals surface area contributed by atoms with Crippen LogP contribution in [0.15, 0.2) is 30.6 Å². The highest BCUT2D eigenvalue weighted by atomic mass is 35.5. The summed E-state index contributed by atoms with van der Waals surface area (Å²) in [5.41, 5.74) is -0.570. The monoisotopic (exact) mass is 313 g/mol. The molecule has 0 N–H and O–H groups in total. The average molecular weight is 314 g/mol. The molecule has 0 amide bonds. The summed E-state index contributed by atoms with van der Waals surface area (Å²) >= 11 is 5.56. The average Bonchev–Trinajstić information content (AvgIpc) is 2.47. The van der Waals surface area contributed by atoms with Gasteiger partial charge in [0.15, 0.2) is 0 Å². The van der Waals surface area contributed by atoms with E-state index in [0.29, 0.717) is 11.6 Å². The van der Waals surface area contributed by atoms with Crippen molar-refractivity contribution in [2.75, 3.05) is 0 Å². The minimum atomic E-state index is -4.65. The number of nitriles is 1. The number of halogens is 4. The van der Waals surface area contributed by atoms with Crippen LogP contribution in [0.5, 0.6) is 11.8 Å². The lowest BCUT2D eigenvalue weighted by Gasteiger charge is -2.12. The van der Waals surface area contributed by atoms with Gasteiger partial charge in [-0.05, 0) is 18.2 Å². The third-order valence-corrected chi connectivity index (χ3v) is 2.76. The van der Waals surface area contributed by atoms with Crippen molar-refractivity contribution in [1.82, 2.24) is 9.97 Å². The molecule has 0 fully saturated rings. The Bertz CT molecular complexity index is 681. The van der Waals surface area contributed by atoms with Gasteiger partial charge in [-0.25, -0.2) is 9.97 Å². The second kappa shape index (κ2) is 5.97. The molecule has 2 aromatic rings. The van der Waals surface area contributed by atoms with Crippen LogP contribution in [0.3, 0.4) is 0 Å². The van der Waals surface area contributed by atoms with Crippen LogP contribution in [0, 0.1) is 11.3 Å². The zero-order chi connectivity index (χ0) is 15.5. The Morgan fingerprint density at radius 1 is 1.24 bits per heavy atom. The van der Waals surface area contributed by atoms with Crippen LogP contribution in [-0.2, 0) is 12.1 Å². The first-order chi connectivity index (χ1) is 9.94. The summed E-state index contributed by atoms with van der Waals surface area (Å²) in [5.74, 6) is -0.287. The van der Waals surface area contributed by atoms with E-state index >= 15 is 0 Å². The van der Waals surface area contributed by atoms with Crippen LogP contribution in [-0.4, -0.2) is 9.97 Å². The van der Waals surface area contributed by atoms with Gasteiger partial charge in [0.1, 0.15) is 5.75 Å². The van der Waals surface area contributed by atoms with E-state index < -0.39 is 17.5 Å². The quantitative estimate of drug-likeness (QED) is 0.806.